The molecule has 34 heavy (non-hydrogen) atoms. The van der Waals surface area contributed by atoms with Gasteiger partial charge in [0.05, 0.1) is 36.4 Å². The summed E-state index contributed by atoms with van der Waals surface area (Å²) in [6.07, 6.45) is 2.59. The molecule has 9 heteroatoms. The van der Waals surface area contributed by atoms with Gasteiger partial charge < -0.3 is 24.3 Å². The highest BCUT2D eigenvalue weighted by atomic mass is 32.1. The van der Waals surface area contributed by atoms with Crippen LogP contribution in [-0.4, -0.2) is 63.9 Å². The quantitative estimate of drug-likeness (QED) is 0.273. The van der Waals surface area contributed by atoms with E-state index in [2.05, 4.69) is 54.9 Å². The van der Waals surface area contributed by atoms with Crippen molar-refractivity contribution in [3.05, 3.63) is 53.1 Å². The van der Waals surface area contributed by atoms with Gasteiger partial charge in [-0.05, 0) is 43.8 Å². The minimum absolute atomic E-state index is 0.607. The summed E-state index contributed by atoms with van der Waals surface area (Å²) in [4.78, 5) is 14.7. The van der Waals surface area contributed by atoms with Crippen LogP contribution in [0.15, 0.2) is 42.7 Å². The third kappa shape index (κ3) is 4.91. The lowest BCUT2D eigenvalue weighted by molar-refractivity contribution is 0.0358. The number of hydrogen-bond donors (Lipinski definition) is 2. The van der Waals surface area contributed by atoms with E-state index < -0.39 is 0 Å². The molecule has 1 aliphatic heterocycles. The Labute approximate surface area is 203 Å². The van der Waals surface area contributed by atoms with E-state index in [1.807, 2.05) is 18.2 Å². The molecule has 0 atom stereocenters. The zero-order chi connectivity index (χ0) is 23.3. The standard InChI is InChI=1S/C25H30N6O2S/c1-2-31-22-15-20-19(14-21(22)29-25(31)34)24(28-17-27-20)26-16-18-6-3-4-7-23(18)33-11-5-8-30-9-12-32-13-10-30/h3-4,6-7,14-15,17H,2,5,8-13,16H2,1H3,(H,29,34)(H,26,27,28). The normalized spacial score (nSPS) is 14.6. The third-order valence-electron chi connectivity index (χ3n) is 6.25. The maximum Gasteiger partial charge on any atom is 0.178 e. The fourth-order valence-electron chi connectivity index (χ4n) is 4.43. The van der Waals surface area contributed by atoms with E-state index in [0.717, 1.165) is 89.7 Å². The molecule has 0 unspecified atom stereocenters. The van der Waals surface area contributed by atoms with Crippen LogP contribution >= 0.6 is 12.2 Å². The van der Waals surface area contributed by atoms with Gasteiger partial charge in [0, 0.05) is 43.7 Å². The number of benzene rings is 2. The molecule has 2 aromatic carbocycles. The Balaban J connectivity index is 1.28. The smallest absolute Gasteiger partial charge is 0.178 e. The number of imidazole rings is 1. The molecule has 3 heterocycles. The molecular formula is C25H30N6O2S. The Hall–Kier alpha value is -3.01. The van der Waals surface area contributed by atoms with Gasteiger partial charge in [-0.2, -0.15) is 0 Å². The number of aromatic amines is 1. The number of anilines is 1. The molecule has 1 fully saturated rings. The SMILES string of the molecule is CCn1c(=S)[nH]c2cc3c(NCc4ccccc4OCCCN4CCOCC4)ncnc3cc21. The molecule has 5 rings (SSSR count). The van der Waals surface area contributed by atoms with Crippen molar-refractivity contribution in [3.8, 4) is 5.75 Å². The molecule has 0 amide bonds. The van der Waals surface area contributed by atoms with E-state index in [1.165, 1.54) is 0 Å². The van der Waals surface area contributed by atoms with Crippen LogP contribution in [0.5, 0.6) is 5.75 Å². The first-order chi connectivity index (χ1) is 16.7. The molecule has 2 aromatic heterocycles. The lowest BCUT2D eigenvalue weighted by Crippen LogP contribution is -2.37. The maximum atomic E-state index is 6.14. The molecule has 0 spiro atoms. The summed E-state index contributed by atoms with van der Waals surface area (Å²) < 4.78 is 14.4. The van der Waals surface area contributed by atoms with Crippen LogP contribution in [0.3, 0.4) is 0 Å². The number of H-pyrrole nitrogens is 1. The van der Waals surface area contributed by atoms with E-state index in [0.29, 0.717) is 13.2 Å². The van der Waals surface area contributed by atoms with Gasteiger partial charge in [-0.1, -0.05) is 18.2 Å². The monoisotopic (exact) mass is 478 g/mol. The maximum absolute atomic E-state index is 6.14. The van der Waals surface area contributed by atoms with E-state index in [1.54, 1.807) is 6.33 Å². The van der Waals surface area contributed by atoms with Crippen LogP contribution in [-0.2, 0) is 17.8 Å². The molecule has 0 saturated carbocycles. The number of rotatable bonds is 9. The van der Waals surface area contributed by atoms with Crippen molar-refractivity contribution in [1.29, 1.82) is 0 Å². The zero-order valence-electron chi connectivity index (χ0n) is 19.4. The first-order valence-corrected chi connectivity index (χ1v) is 12.3. The number of ether oxygens (including phenoxy) is 2. The third-order valence-corrected chi connectivity index (χ3v) is 6.57. The molecule has 178 valence electrons. The number of hydrogen-bond acceptors (Lipinski definition) is 7. The Morgan fingerprint density at radius 3 is 2.88 bits per heavy atom. The predicted octanol–water partition coefficient (Wildman–Crippen LogP) is 4.38. The van der Waals surface area contributed by atoms with Crippen LogP contribution in [0.2, 0.25) is 0 Å². The largest absolute Gasteiger partial charge is 0.493 e. The molecule has 0 aliphatic carbocycles. The van der Waals surface area contributed by atoms with Crippen molar-refractivity contribution < 1.29 is 9.47 Å². The molecule has 8 nitrogen and oxygen atoms in total. The summed E-state index contributed by atoms with van der Waals surface area (Å²) in [5.74, 6) is 1.69. The van der Waals surface area contributed by atoms with Crippen LogP contribution < -0.4 is 10.1 Å². The van der Waals surface area contributed by atoms with Gasteiger partial charge in [0.2, 0.25) is 0 Å². The van der Waals surface area contributed by atoms with Crippen LogP contribution in [0, 0.1) is 4.77 Å². The van der Waals surface area contributed by atoms with Gasteiger partial charge in [0.15, 0.2) is 4.77 Å². The van der Waals surface area contributed by atoms with E-state index in [9.17, 15) is 0 Å². The summed E-state index contributed by atoms with van der Waals surface area (Å²) >= 11 is 5.47. The van der Waals surface area contributed by atoms with Crippen molar-refractivity contribution >= 4 is 40.0 Å². The Morgan fingerprint density at radius 1 is 1.18 bits per heavy atom. The number of fused-ring (bicyclic) bond motifs is 2. The van der Waals surface area contributed by atoms with Crippen molar-refractivity contribution in [1.82, 2.24) is 24.4 Å². The number of aryl methyl sites for hydroxylation is 1. The summed E-state index contributed by atoms with van der Waals surface area (Å²) in [5, 5.41) is 4.44. The second-order valence-electron chi connectivity index (χ2n) is 8.40. The molecule has 1 saturated heterocycles. The van der Waals surface area contributed by atoms with E-state index in [-0.39, 0.29) is 0 Å². The fourth-order valence-corrected chi connectivity index (χ4v) is 4.76. The van der Waals surface area contributed by atoms with Gasteiger partial charge in [0.1, 0.15) is 17.9 Å². The minimum atomic E-state index is 0.607. The highest BCUT2D eigenvalue weighted by Gasteiger charge is 2.12. The van der Waals surface area contributed by atoms with Gasteiger partial charge in [-0.3, -0.25) is 4.90 Å². The zero-order valence-corrected chi connectivity index (χ0v) is 20.2. The Bertz CT molecular complexity index is 1330. The highest BCUT2D eigenvalue weighted by Crippen LogP contribution is 2.27. The summed E-state index contributed by atoms with van der Waals surface area (Å²) in [7, 11) is 0. The second-order valence-corrected chi connectivity index (χ2v) is 8.79. The fraction of sp³-hybridized carbons (Fsp3) is 0.400. The molecule has 2 N–H and O–H groups in total. The highest BCUT2D eigenvalue weighted by molar-refractivity contribution is 7.71. The van der Waals surface area contributed by atoms with Crippen molar-refractivity contribution in [2.75, 3.05) is 44.8 Å². The van der Waals surface area contributed by atoms with Crippen LogP contribution in [0.1, 0.15) is 18.9 Å². The lowest BCUT2D eigenvalue weighted by atomic mass is 10.1. The number of para-hydroxylation sites is 1. The molecule has 0 radical (unpaired) electrons. The van der Waals surface area contributed by atoms with Gasteiger partial charge in [0.25, 0.3) is 0 Å². The first-order valence-electron chi connectivity index (χ1n) is 11.8. The number of aromatic nitrogens is 4. The van der Waals surface area contributed by atoms with Crippen LogP contribution in [0.4, 0.5) is 5.82 Å². The Morgan fingerprint density at radius 2 is 2.03 bits per heavy atom. The summed E-state index contributed by atoms with van der Waals surface area (Å²) in [6.45, 7) is 8.90. The number of morpholine rings is 1. The number of nitrogens with one attached hydrogen (secondary N) is 2. The molecule has 4 aromatic rings. The second kappa shape index (κ2) is 10.5. The first kappa shape index (κ1) is 22.8. The molecule has 1 aliphatic rings. The summed E-state index contributed by atoms with van der Waals surface area (Å²) in [6, 6.07) is 12.3. The minimum Gasteiger partial charge on any atom is -0.493 e. The van der Waals surface area contributed by atoms with E-state index >= 15 is 0 Å². The van der Waals surface area contributed by atoms with Crippen LogP contribution in [0.25, 0.3) is 21.9 Å². The topological polar surface area (TPSA) is 80.2 Å². The van der Waals surface area contributed by atoms with E-state index in [4.69, 9.17) is 21.7 Å². The average molecular weight is 479 g/mol. The summed E-state index contributed by atoms with van der Waals surface area (Å²) in [5.41, 5.74) is 4.02. The van der Waals surface area contributed by atoms with Crippen molar-refractivity contribution in [2.45, 2.75) is 26.4 Å². The van der Waals surface area contributed by atoms with Gasteiger partial charge in [-0.15, -0.1) is 0 Å². The average Bonchev–Trinajstić information content (AvgIpc) is 3.18. The van der Waals surface area contributed by atoms with Gasteiger partial charge >= 0.3 is 0 Å². The molecular weight excluding hydrogens is 448 g/mol. The van der Waals surface area contributed by atoms with Crippen molar-refractivity contribution in [3.63, 3.8) is 0 Å². The predicted molar refractivity (Wildman–Crippen MR) is 137 cm³/mol. The van der Waals surface area contributed by atoms with Crippen molar-refractivity contribution in [2.24, 2.45) is 0 Å². The Kier molecular flexibility index (Phi) is 7.03. The number of nitrogens with zero attached hydrogens (tertiary/aromatic N) is 4. The lowest BCUT2D eigenvalue weighted by Gasteiger charge is -2.26. The molecule has 0 bridgehead atoms. The van der Waals surface area contributed by atoms with Gasteiger partial charge in [-0.25, -0.2) is 9.97 Å².